The molecule has 0 radical (unpaired) electrons. The molecule has 0 atom stereocenters. The maximum absolute atomic E-state index is 5.36. The van der Waals surface area contributed by atoms with Gasteiger partial charge in [-0.25, -0.2) is 0 Å². The van der Waals surface area contributed by atoms with E-state index in [2.05, 4.69) is 4.99 Å². The predicted octanol–water partition coefficient (Wildman–Crippen LogP) is 1.75. The fraction of sp³-hybridized carbons (Fsp3) is 0.500. The molecule has 0 amide bonds. The highest BCUT2D eigenvalue weighted by atomic mass is 16.7. The highest BCUT2D eigenvalue weighted by Crippen LogP contribution is 2.38. The minimum Gasteiger partial charge on any atom is -0.493 e. The SMILES string of the molecule is COc1ccc(C=NCC(OC)OC)c(OC)c1OC. The molecular formula is C14H21NO5. The first-order valence-electron chi connectivity index (χ1n) is 6.06. The van der Waals surface area contributed by atoms with Gasteiger partial charge in [-0.05, 0) is 12.1 Å². The van der Waals surface area contributed by atoms with E-state index >= 15 is 0 Å². The van der Waals surface area contributed by atoms with Crippen molar-refractivity contribution >= 4 is 6.21 Å². The zero-order chi connectivity index (χ0) is 15.0. The standard InChI is InChI=1S/C14H21NO5/c1-16-11-7-6-10(13(19-4)14(11)20-5)8-15-9-12(17-2)18-3/h6-8,12H,9H2,1-5H3. The average molecular weight is 283 g/mol. The van der Waals surface area contributed by atoms with Gasteiger partial charge >= 0.3 is 0 Å². The van der Waals surface area contributed by atoms with Gasteiger partial charge in [-0.15, -0.1) is 0 Å². The van der Waals surface area contributed by atoms with Crippen LogP contribution in [0.3, 0.4) is 0 Å². The molecule has 0 saturated heterocycles. The molecule has 0 saturated carbocycles. The lowest BCUT2D eigenvalue weighted by molar-refractivity contribution is -0.0936. The summed E-state index contributed by atoms with van der Waals surface area (Å²) >= 11 is 0. The van der Waals surface area contributed by atoms with Crippen LogP contribution in [-0.4, -0.2) is 54.6 Å². The topological polar surface area (TPSA) is 58.5 Å². The maximum atomic E-state index is 5.36. The van der Waals surface area contributed by atoms with E-state index < -0.39 is 0 Å². The summed E-state index contributed by atoms with van der Waals surface area (Å²) in [6.07, 6.45) is 1.32. The lowest BCUT2D eigenvalue weighted by Gasteiger charge is -2.14. The third-order valence-electron chi connectivity index (χ3n) is 2.75. The highest BCUT2D eigenvalue weighted by molar-refractivity contribution is 5.86. The first-order chi connectivity index (χ1) is 9.71. The summed E-state index contributed by atoms with van der Waals surface area (Å²) in [7, 11) is 7.85. The van der Waals surface area contributed by atoms with Crippen molar-refractivity contribution in [1.29, 1.82) is 0 Å². The molecule has 0 spiro atoms. The number of rotatable bonds is 8. The normalized spacial score (nSPS) is 11.1. The smallest absolute Gasteiger partial charge is 0.203 e. The van der Waals surface area contributed by atoms with E-state index in [-0.39, 0.29) is 6.29 Å². The van der Waals surface area contributed by atoms with Crippen molar-refractivity contribution in [3.05, 3.63) is 17.7 Å². The van der Waals surface area contributed by atoms with Crippen LogP contribution in [0.2, 0.25) is 0 Å². The van der Waals surface area contributed by atoms with Crippen LogP contribution in [0.15, 0.2) is 17.1 Å². The zero-order valence-electron chi connectivity index (χ0n) is 12.5. The largest absolute Gasteiger partial charge is 0.493 e. The molecule has 0 aliphatic rings. The molecule has 0 heterocycles. The lowest BCUT2D eigenvalue weighted by atomic mass is 10.2. The van der Waals surface area contributed by atoms with Crippen molar-refractivity contribution in [2.24, 2.45) is 4.99 Å². The molecule has 1 aromatic carbocycles. The summed E-state index contributed by atoms with van der Waals surface area (Å²) in [5.74, 6) is 1.71. The summed E-state index contributed by atoms with van der Waals surface area (Å²) in [4.78, 5) is 4.27. The number of benzene rings is 1. The van der Waals surface area contributed by atoms with E-state index in [1.165, 1.54) is 0 Å². The van der Waals surface area contributed by atoms with Crippen LogP contribution >= 0.6 is 0 Å². The lowest BCUT2D eigenvalue weighted by Crippen LogP contribution is -2.16. The van der Waals surface area contributed by atoms with E-state index in [1.807, 2.05) is 6.07 Å². The number of aliphatic imine (C=N–C) groups is 1. The van der Waals surface area contributed by atoms with Crippen LogP contribution in [0.5, 0.6) is 17.2 Å². The number of nitrogens with zero attached hydrogens (tertiary/aromatic N) is 1. The number of ether oxygens (including phenoxy) is 5. The summed E-state index contributed by atoms with van der Waals surface area (Å²) in [6.45, 7) is 0.393. The van der Waals surface area contributed by atoms with Crippen LogP contribution in [0.25, 0.3) is 0 Å². The molecular weight excluding hydrogens is 262 g/mol. The van der Waals surface area contributed by atoms with Gasteiger partial charge in [-0.2, -0.15) is 0 Å². The van der Waals surface area contributed by atoms with E-state index in [0.717, 1.165) is 5.56 Å². The third-order valence-corrected chi connectivity index (χ3v) is 2.75. The summed E-state index contributed by atoms with van der Waals surface area (Å²) in [5, 5.41) is 0. The Morgan fingerprint density at radius 1 is 0.950 bits per heavy atom. The zero-order valence-corrected chi connectivity index (χ0v) is 12.5. The molecule has 6 nitrogen and oxygen atoms in total. The monoisotopic (exact) mass is 283 g/mol. The van der Waals surface area contributed by atoms with Crippen LogP contribution < -0.4 is 14.2 Å². The van der Waals surface area contributed by atoms with Crippen molar-refractivity contribution < 1.29 is 23.7 Å². The van der Waals surface area contributed by atoms with Crippen molar-refractivity contribution in [3.63, 3.8) is 0 Å². The van der Waals surface area contributed by atoms with E-state index in [4.69, 9.17) is 23.7 Å². The van der Waals surface area contributed by atoms with Crippen molar-refractivity contribution in [2.45, 2.75) is 6.29 Å². The van der Waals surface area contributed by atoms with Crippen LogP contribution in [0, 0.1) is 0 Å². The molecule has 20 heavy (non-hydrogen) atoms. The van der Waals surface area contributed by atoms with Crippen LogP contribution in [-0.2, 0) is 9.47 Å². The highest BCUT2D eigenvalue weighted by Gasteiger charge is 2.14. The molecule has 6 heteroatoms. The number of methoxy groups -OCH3 is 5. The van der Waals surface area contributed by atoms with Gasteiger partial charge in [0, 0.05) is 26.0 Å². The molecule has 0 aliphatic carbocycles. The fourth-order valence-corrected chi connectivity index (χ4v) is 1.71. The van der Waals surface area contributed by atoms with Gasteiger partial charge in [0.2, 0.25) is 5.75 Å². The van der Waals surface area contributed by atoms with E-state index in [1.54, 1.807) is 47.8 Å². The van der Waals surface area contributed by atoms with Crippen molar-refractivity contribution in [3.8, 4) is 17.2 Å². The molecule has 0 unspecified atom stereocenters. The molecule has 0 aromatic heterocycles. The number of hydrogen-bond donors (Lipinski definition) is 0. The second-order valence-corrected chi connectivity index (χ2v) is 3.82. The van der Waals surface area contributed by atoms with Crippen LogP contribution in [0.4, 0.5) is 0 Å². The van der Waals surface area contributed by atoms with E-state index in [0.29, 0.717) is 23.8 Å². The predicted molar refractivity (Wildman–Crippen MR) is 76.4 cm³/mol. The number of hydrogen-bond acceptors (Lipinski definition) is 6. The Kier molecular flexibility index (Phi) is 6.83. The molecule has 1 aromatic rings. The average Bonchev–Trinajstić information content (AvgIpc) is 2.50. The Hall–Kier alpha value is -1.79. The van der Waals surface area contributed by atoms with Gasteiger partial charge in [0.15, 0.2) is 17.8 Å². The van der Waals surface area contributed by atoms with Gasteiger partial charge in [0.05, 0.1) is 27.9 Å². The van der Waals surface area contributed by atoms with Gasteiger partial charge in [-0.1, -0.05) is 0 Å². The molecule has 0 N–H and O–H groups in total. The van der Waals surface area contributed by atoms with Crippen molar-refractivity contribution in [1.82, 2.24) is 0 Å². The molecule has 0 aliphatic heterocycles. The minimum atomic E-state index is -0.364. The maximum Gasteiger partial charge on any atom is 0.203 e. The van der Waals surface area contributed by atoms with Gasteiger partial charge < -0.3 is 23.7 Å². The van der Waals surface area contributed by atoms with E-state index in [9.17, 15) is 0 Å². The Balaban J connectivity index is 2.98. The summed E-state index contributed by atoms with van der Waals surface area (Å²) < 4.78 is 26.0. The molecule has 0 fully saturated rings. The Morgan fingerprint density at radius 2 is 1.60 bits per heavy atom. The van der Waals surface area contributed by atoms with Crippen LogP contribution in [0.1, 0.15) is 5.56 Å². The molecule has 112 valence electrons. The second-order valence-electron chi connectivity index (χ2n) is 3.82. The third kappa shape index (κ3) is 3.85. The fourth-order valence-electron chi connectivity index (χ4n) is 1.71. The quantitative estimate of drug-likeness (QED) is 0.537. The Labute approximate surface area is 119 Å². The minimum absolute atomic E-state index is 0.364. The Morgan fingerprint density at radius 3 is 2.10 bits per heavy atom. The first-order valence-corrected chi connectivity index (χ1v) is 6.06. The van der Waals surface area contributed by atoms with Crippen molar-refractivity contribution in [2.75, 3.05) is 42.1 Å². The van der Waals surface area contributed by atoms with Gasteiger partial charge in [0.1, 0.15) is 0 Å². The van der Waals surface area contributed by atoms with Gasteiger partial charge in [0.25, 0.3) is 0 Å². The first kappa shape index (κ1) is 16.3. The second kappa shape index (κ2) is 8.39. The Bertz CT molecular complexity index is 443. The van der Waals surface area contributed by atoms with Gasteiger partial charge in [-0.3, -0.25) is 4.99 Å². The molecule has 1 rings (SSSR count). The molecule has 0 bridgehead atoms. The summed E-state index contributed by atoms with van der Waals surface area (Å²) in [6, 6.07) is 3.64. The summed E-state index contributed by atoms with van der Waals surface area (Å²) in [5.41, 5.74) is 0.788.